The van der Waals surface area contributed by atoms with Crippen LogP contribution in [0.25, 0.3) is 0 Å². The van der Waals surface area contributed by atoms with Gasteiger partial charge in [-0.05, 0) is 36.8 Å². The van der Waals surface area contributed by atoms with Crippen LogP contribution in [-0.2, 0) is 16.7 Å². The van der Waals surface area contributed by atoms with E-state index in [0.29, 0.717) is 18.6 Å². The predicted octanol–water partition coefficient (Wildman–Crippen LogP) is 3.22. The number of alkyl halides is 1. The van der Waals surface area contributed by atoms with Gasteiger partial charge in [0, 0.05) is 42.0 Å². The first-order valence-electron chi connectivity index (χ1n) is 9.93. The number of carbonyl (C=O) groups excluding carboxylic acids is 1. The van der Waals surface area contributed by atoms with Crippen LogP contribution in [0.15, 0.2) is 35.2 Å². The molecule has 2 N–H and O–H groups in total. The van der Waals surface area contributed by atoms with Gasteiger partial charge in [0.15, 0.2) is 17.5 Å². The Morgan fingerprint density at radius 2 is 1.75 bits per heavy atom. The van der Waals surface area contributed by atoms with E-state index in [1.165, 1.54) is 6.07 Å². The summed E-state index contributed by atoms with van der Waals surface area (Å²) in [6.45, 7) is -1.04. The second-order valence-electron chi connectivity index (χ2n) is 8.13. The monoisotopic (exact) mass is 472 g/mol. The maximum atomic E-state index is 13.6. The number of aliphatic hydroxyl groups excluding tert-OH is 1. The largest absolute Gasteiger partial charge is 0.392 e. The third-order valence-corrected chi connectivity index (χ3v) is 7.74. The second kappa shape index (κ2) is 8.45. The first-order valence-corrected chi connectivity index (χ1v) is 11.4. The van der Waals surface area contributed by atoms with Crippen molar-refractivity contribution in [3.05, 3.63) is 58.9 Å². The van der Waals surface area contributed by atoms with Crippen LogP contribution in [0.4, 0.5) is 23.2 Å². The quantitative estimate of drug-likeness (QED) is 0.517. The van der Waals surface area contributed by atoms with Crippen molar-refractivity contribution in [3.8, 4) is 0 Å². The maximum absolute atomic E-state index is 13.6. The molecular formula is C21H20F4N2O4S. The molecule has 0 aromatic heterocycles. The van der Waals surface area contributed by atoms with E-state index in [9.17, 15) is 35.9 Å². The molecule has 3 unspecified atom stereocenters. The van der Waals surface area contributed by atoms with Crippen molar-refractivity contribution in [2.24, 2.45) is 11.8 Å². The molecule has 11 heteroatoms. The number of hydrogen-bond acceptors (Lipinski definition) is 4. The van der Waals surface area contributed by atoms with Crippen molar-refractivity contribution in [1.82, 2.24) is 4.31 Å². The molecular weight excluding hydrogens is 452 g/mol. The molecule has 1 saturated heterocycles. The molecule has 1 amide bonds. The average molecular weight is 472 g/mol. The van der Waals surface area contributed by atoms with Gasteiger partial charge in [-0.1, -0.05) is 6.07 Å². The van der Waals surface area contributed by atoms with Crippen molar-refractivity contribution in [2.45, 2.75) is 30.5 Å². The number of aliphatic hydroxyl groups is 1. The lowest BCUT2D eigenvalue weighted by Crippen LogP contribution is -2.38. The Labute approximate surface area is 181 Å². The summed E-state index contributed by atoms with van der Waals surface area (Å²) in [5.41, 5.74) is -0.738. The van der Waals surface area contributed by atoms with Crippen molar-refractivity contribution in [1.29, 1.82) is 0 Å². The number of sulfonamides is 1. The van der Waals surface area contributed by atoms with Crippen molar-refractivity contribution >= 4 is 21.6 Å². The van der Waals surface area contributed by atoms with E-state index < -0.39 is 51.1 Å². The number of rotatable bonds is 5. The summed E-state index contributed by atoms with van der Waals surface area (Å²) in [6, 6.07) is 4.45. The number of benzene rings is 2. The number of hydrogen-bond donors (Lipinski definition) is 2. The lowest BCUT2D eigenvalue weighted by atomic mass is 10.1. The highest BCUT2D eigenvalue weighted by Gasteiger charge is 2.45. The standard InChI is InChI=1S/C21H20F4N2O4S/c22-8-12-2-1-11(21(29)26-15-6-17(23)20(25)18(24)7-15)5-19(12)32(30,31)27-9-14-3-13(14)4-16(28)10-27/h1-2,5-7,13-14,16,28H,3-4,8-10H2,(H,26,29). The number of β-amino-alcohol motifs (C(OH)–C–C–N with tert-alkyl or cyclic N) is 1. The Kier molecular flexibility index (Phi) is 5.99. The van der Waals surface area contributed by atoms with Crippen LogP contribution >= 0.6 is 0 Å². The highest BCUT2D eigenvalue weighted by molar-refractivity contribution is 7.89. The van der Waals surface area contributed by atoms with Gasteiger partial charge in [0.05, 0.1) is 11.0 Å². The minimum atomic E-state index is -4.23. The molecule has 4 rings (SSSR count). The molecule has 1 heterocycles. The Morgan fingerprint density at radius 1 is 1.06 bits per heavy atom. The van der Waals surface area contributed by atoms with Crippen LogP contribution in [0.1, 0.15) is 28.8 Å². The fraction of sp³-hybridized carbons (Fsp3) is 0.381. The predicted molar refractivity (Wildman–Crippen MR) is 107 cm³/mol. The minimum absolute atomic E-state index is 0.130. The summed E-state index contributed by atoms with van der Waals surface area (Å²) in [7, 11) is -4.23. The van der Waals surface area contributed by atoms with Gasteiger partial charge in [0.2, 0.25) is 10.0 Å². The van der Waals surface area contributed by atoms with Gasteiger partial charge in [0.1, 0.15) is 6.67 Å². The van der Waals surface area contributed by atoms with Crippen molar-refractivity contribution in [2.75, 3.05) is 18.4 Å². The van der Waals surface area contributed by atoms with Gasteiger partial charge in [-0.25, -0.2) is 26.0 Å². The molecule has 1 aliphatic heterocycles. The van der Waals surface area contributed by atoms with Gasteiger partial charge in [0.25, 0.3) is 5.91 Å². The average Bonchev–Trinajstić information content (AvgIpc) is 3.49. The molecule has 1 saturated carbocycles. The molecule has 6 nitrogen and oxygen atoms in total. The molecule has 2 aromatic carbocycles. The molecule has 2 aliphatic rings. The molecule has 0 radical (unpaired) electrons. The number of carbonyl (C=O) groups is 1. The Bertz CT molecular complexity index is 1150. The molecule has 0 spiro atoms. The van der Waals surface area contributed by atoms with E-state index in [0.717, 1.165) is 22.9 Å². The first-order chi connectivity index (χ1) is 15.1. The van der Waals surface area contributed by atoms with E-state index in [1.54, 1.807) is 0 Å². The van der Waals surface area contributed by atoms with Crippen molar-refractivity contribution < 1.29 is 35.9 Å². The summed E-state index contributed by atoms with van der Waals surface area (Å²) in [4.78, 5) is 12.1. The Balaban J connectivity index is 1.64. The molecule has 172 valence electrons. The molecule has 0 bridgehead atoms. The molecule has 3 atom stereocenters. The van der Waals surface area contributed by atoms with Gasteiger partial charge >= 0.3 is 0 Å². The lowest BCUT2D eigenvalue weighted by Gasteiger charge is -2.24. The third-order valence-electron chi connectivity index (χ3n) is 5.83. The molecule has 2 fully saturated rings. The van der Waals surface area contributed by atoms with E-state index in [-0.39, 0.29) is 41.7 Å². The number of nitrogens with zero attached hydrogens (tertiary/aromatic N) is 1. The number of amides is 1. The van der Waals surface area contributed by atoms with Gasteiger partial charge in [-0.3, -0.25) is 4.79 Å². The van der Waals surface area contributed by atoms with Crippen LogP contribution in [-0.4, -0.2) is 42.9 Å². The van der Waals surface area contributed by atoms with E-state index >= 15 is 0 Å². The van der Waals surface area contributed by atoms with Gasteiger partial charge in [-0.15, -0.1) is 0 Å². The fourth-order valence-electron chi connectivity index (χ4n) is 4.03. The summed E-state index contributed by atoms with van der Waals surface area (Å²) >= 11 is 0. The van der Waals surface area contributed by atoms with Gasteiger partial charge < -0.3 is 10.4 Å². The highest BCUT2D eigenvalue weighted by Crippen LogP contribution is 2.45. The smallest absolute Gasteiger partial charge is 0.255 e. The van der Waals surface area contributed by atoms with Crippen molar-refractivity contribution in [3.63, 3.8) is 0 Å². The van der Waals surface area contributed by atoms with Gasteiger partial charge in [-0.2, -0.15) is 4.31 Å². The van der Waals surface area contributed by atoms with Crippen LogP contribution < -0.4 is 5.32 Å². The normalized spacial score (nSPS) is 23.3. The summed E-state index contributed by atoms with van der Waals surface area (Å²) in [6.07, 6.45) is 0.470. The van der Waals surface area contributed by atoms with E-state index in [2.05, 4.69) is 5.32 Å². The first kappa shape index (κ1) is 22.7. The summed E-state index contributed by atoms with van der Waals surface area (Å²) in [5, 5.41) is 12.3. The van der Waals surface area contributed by atoms with E-state index in [4.69, 9.17) is 0 Å². The summed E-state index contributed by atoms with van der Waals surface area (Å²) in [5.74, 6) is -5.23. The number of anilines is 1. The van der Waals surface area contributed by atoms with Crippen LogP contribution in [0, 0.1) is 29.3 Å². The topological polar surface area (TPSA) is 86.7 Å². The number of halogens is 4. The van der Waals surface area contributed by atoms with Crippen LogP contribution in [0.5, 0.6) is 0 Å². The highest BCUT2D eigenvalue weighted by atomic mass is 32.2. The third kappa shape index (κ3) is 4.37. The van der Waals surface area contributed by atoms with Crippen LogP contribution in [0.2, 0.25) is 0 Å². The minimum Gasteiger partial charge on any atom is -0.392 e. The SMILES string of the molecule is O=C(Nc1cc(F)c(F)c(F)c1)c1ccc(CF)c(S(=O)(=O)N2CC(O)CC3CC3C2)c1. The molecule has 2 aromatic rings. The molecule has 1 aliphatic carbocycles. The maximum Gasteiger partial charge on any atom is 0.255 e. The number of nitrogens with one attached hydrogen (secondary N) is 1. The molecule has 32 heavy (non-hydrogen) atoms. The van der Waals surface area contributed by atoms with Crippen LogP contribution in [0.3, 0.4) is 0 Å². The van der Waals surface area contributed by atoms with E-state index in [1.807, 2.05) is 0 Å². The Hall–Kier alpha value is -2.50. The lowest BCUT2D eigenvalue weighted by molar-refractivity contribution is 0.102. The number of fused-ring (bicyclic) bond motifs is 1. The zero-order chi connectivity index (χ0) is 23.2. The zero-order valence-electron chi connectivity index (χ0n) is 16.7. The Morgan fingerprint density at radius 3 is 2.41 bits per heavy atom. The summed E-state index contributed by atoms with van der Waals surface area (Å²) < 4.78 is 81.1. The fourth-order valence-corrected chi connectivity index (χ4v) is 5.79. The zero-order valence-corrected chi connectivity index (χ0v) is 17.5. The second-order valence-corrected chi connectivity index (χ2v) is 10.0.